The lowest BCUT2D eigenvalue weighted by Gasteiger charge is -2.14. The highest BCUT2D eigenvalue weighted by atomic mass is 32.1. The Balaban J connectivity index is 1.40. The molecule has 3 aromatic carbocycles. The Labute approximate surface area is 156 Å². The summed E-state index contributed by atoms with van der Waals surface area (Å²) in [6, 6.07) is 22.8. The van der Waals surface area contributed by atoms with Crippen molar-refractivity contribution >= 4 is 32.2 Å². The number of benzene rings is 3. The molecule has 0 fully saturated rings. The van der Waals surface area contributed by atoms with Gasteiger partial charge in [-0.2, -0.15) is 0 Å². The molecule has 3 N–H and O–H groups in total. The molecule has 0 unspecified atom stereocenters. The molecular weight excluding hydrogens is 342 g/mol. The number of thiophene rings is 1. The molecule has 0 saturated carbocycles. The second-order valence-corrected chi connectivity index (χ2v) is 7.35. The smallest absolute Gasteiger partial charge is 0.137 e. The SMILES string of the molecule is O[C@@H](C[NH2+]Cc1ccccc1)COc1cc2ccsc2c2ccccc12. The first kappa shape index (κ1) is 17.0. The van der Waals surface area contributed by atoms with Crippen LogP contribution in [0.15, 0.2) is 72.1 Å². The van der Waals surface area contributed by atoms with Gasteiger partial charge in [-0.05, 0) is 22.9 Å². The van der Waals surface area contributed by atoms with Gasteiger partial charge in [-0.25, -0.2) is 0 Å². The van der Waals surface area contributed by atoms with Crippen molar-refractivity contribution < 1.29 is 15.2 Å². The van der Waals surface area contributed by atoms with Gasteiger partial charge in [0.25, 0.3) is 0 Å². The summed E-state index contributed by atoms with van der Waals surface area (Å²) in [7, 11) is 0. The number of hydrogen-bond acceptors (Lipinski definition) is 3. The molecule has 1 atom stereocenters. The Morgan fingerprint density at radius 3 is 2.58 bits per heavy atom. The maximum Gasteiger partial charge on any atom is 0.137 e. The molecule has 0 radical (unpaired) electrons. The molecule has 26 heavy (non-hydrogen) atoms. The second kappa shape index (κ2) is 7.87. The number of nitrogens with two attached hydrogens (primary N) is 1. The van der Waals surface area contributed by atoms with Crippen molar-refractivity contribution in [3.63, 3.8) is 0 Å². The molecule has 3 nitrogen and oxygen atoms in total. The van der Waals surface area contributed by atoms with Crippen LogP contribution in [0.25, 0.3) is 20.9 Å². The van der Waals surface area contributed by atoms with Crippen molar-refractivity contribution in [2.24, 2.45) is 0 Å². The summed E-state index contributed by atoms with van der Waals surface area (Å²) in [4.78, 5) is 0. The Kier molecular flexibility index (Phi) is 5.16. The minimum Gasteiger partial charge on any atom is -0.490 e. The van der Waals surface area contributed by atoms with Crippen LogP contribution in [-0.2, 0) is 6.54 Å². The van der Waals surface area contributed by atoms with Gasteiger partial charge in [0, 0.05) is 21.0 Å². The van der Waals surface area contributed by atoms with Crippen LogP contribution in [0.1, 0.15) is 5.56 Å². The van der Waals surface area contributed by atoms with Gasteiger partial charge < -0.3 is 15.2 Å². The van der Waals surface area contributed by atoms with Gasteiger partial charge in [0.2, 0.25) is 0 Å². The molecule has 4 aromatic rings. The number of ether oxygens (including phenoxy) is 1. The van der Waals surface area contributed by atoms with E-state index in [9.17, 15) is 5.11 Å². The molecule has 0 aliphatic heterocycles. The number of aliphatic hydroxyl groups excluding tert-OH is 1. The van der Waals surface area contributed by atoms with E-state index in [2.05, 4.69) is 53.2 Å². The van der Waals surface area contributed by atoms with Gasteiger partial charge in [-0.15, -0.1) is 11.3 Å². The highest BCUT2D eigenvalue weighted by Gasteiger charge is 2.12. The fraction of sp³-hybridized carbons (Fsp3) is 0.182. The first-order valence-corrected chi connectivity index (χ1v) is 9.74. The highest BCUT2D eigenvalue weighted by Crippen LogP contribution is 2.36. The van der Waals surface area contributed by atoms with Gasteiger partial charge in [0.05, 0.1) is 0 Å². The minimum atomic E-state index is -0.504. The summed E-state index contributed by atoms with van der Waals surface area (Å²) in [6.07, 6.45) is -0.504. The van der Waals surface area contributed by atoms with Crippen LogP contribution < -0.4 is 10.1 Å². The van der Waals surface area contributed by atoms with Crippen LogP contribution in [-0.4, -0.2) is 24.4 Å². The lowest BCUT2D eigenvalue weighted by molar-refractivity contribution is -0.676. The summed E-state index contributed by atoms with van der Waals surface area (Å²) in [5.74, 6) is 0.841. The van der Waals surface area contributed by atoms with Crippen molar-refractivity contribution in [1.29, 1.82) is 0 Å². The Hall–Kier alpha value is -2.40. The maximum atomic E-state index is 10.3. The van der Waals surface area contributed by atoms with Gasteiger partial charge in [0.1, 0.15) is 31.5 Å². The molecule has 1 heterocycles. The first-order chi connectivity index (χ1) is 12.8. The van der Waals surface area contributed by atoms with E-state index in [-0.39, 0.29) is 0 Å². The van der Waals surface area contributed by atoms with Crippen molar-refractivity contribution in [3.8, 4) is 5.75 Å². The minimum absolute atomic E-state index is 0.297. The Bertz CT molecular complexity index is 997. The fourth-order valence-corrected chi connectivity index (χ4v) is 4.12. The number of rotatable bonds is 7. The molecular formula is C22H22NO2S+. The first-order valence-electron chi connectivity index (χ1n) is 8.86. The summed E-state index contributed by atoms with van der Waals surface area (Å²) in [6.45, 7) is 1.78. The molecule has 4 rings (SSSR count). The third-order valence-corrected chi connectivity index (χ3v) is 5.48. The molecule has 132 valence electrons. The molecule has 1 aromatic heterocycles. The Morgan fingerprint density at radius 1 is 0.962 bits per heavy atom. The van der Waals surface area contributed by atoms with Crippen molar-refractivity contribution in [2.75, 3.05) is 13.2 Å². The van der Waals surface area contributed by atoms with Crippen LogP contribution in [0.2, 0.25) is 0 Å². The van der Waals surface area contributed by atoms with Gasteiger partial charge in [-0.1, -0.05) is 54.6 Å². The monoisotopic (exact) mass is 364 g/mol. The summed E-state index contributed by atoms with van der Waals surface area (Å²) < 4.78 is 7.28. The largest absolute Gasteiger partial charge is 0.490 e. The van der Waals surface area contributed by atoms with Crippen LogP contribution in [0.4, 0.5) is 0 Å². The van der Waals surface area contributed by atoms with E-state index < -0.39 is 6.10 Å². The molecule has 0 amide bonds. The average Bonchev–Trinajstić information content (AvgIpc) is 3.16. The maximum absolute atomic E-state index is 10.3. The molecule has 0 aliphatic rings. The molecule has 0 spiro atoms. The summed E-state index contributed by atoms with van der Waals surface area (Å²) in [5.41, 5.74) is 1.26. The topological polar surface area (TPSA) is 46.1 Å². The Morgan fingerprint density at radius 2 is 1.73 bits per heavy atom. The predicted molar refractivity (Wildman–Crippen MR) is 108 cm³/mol. The zero-order chi connectivity index (χ0) is 17.8. The lowest BCUT2D eigenvalue weighted by Crippen LogP contribution is -2.85. The number of fused-ring (bicyclic) bond motifs is 3. The standard InChI is InChI=1S/C22H21NO2S/c24-18(14-23-13-16-6-2-1-3-7-16)15-25-21-12-17-10-11-26-22(17)20-9-5-4-8-19(20)21/h1-12,18,23-24H,13-15H2/p+1/t18-/m0/s1. The summed E-state index contributed by atoms with van der Waals surface area (Å²) >= 11 is 1.75. The van der Waals surface area contributed by atoms with Crippen LogP contribution in [0, 0.1) is 0 Å². The normalized spacial score (nSPS) is 12.5. The van der Waals surface area contributed by atoms with Crippen LogP contribution in [0.3, 0.4) is 0 Å². The number of aliphatic hydroxyl groups is 1. The van der Waals surface area contributed by atoms with Gasteiger partial charge >= 0.3 is 0 Å². The van der Waals surface area contributed by atoms with E-state index in [1.165, 1.54) is 21.0 Å². The van der Waals surface area contributed by atoms with E-state index in [0.717, 1.165) is 17.7 Å². The van der Waals surface area contributed by atoms with E-state index >= 15 is 0 Å². The zero-order valence-electron chi connectivity index (χ0n) is 14.5. The predicted octanol–water partition coefficient (Wildman–Crippen LogP) is 3.56. The van der Waals surface area contributed by atoms with Crippen LogP contribution in [0.5, 0.6) is 5.75 Å². The van der Waals surface area contributed by atoms with E-state index in [1.807, 2.05) is 24.3 Å². The van der Waals surface area contributed by atoms with Gasteiger partial charge in [0.15, 0.2) is 0 Å². The zero-order valence-corrected chi connectivity index (χ0v) is 15.3. The lowest BCUT2D eigenvalue weighted by atomic mass is 10.1. The van der Waals surface area contributed by atoms with Crippen molar-refractivity contribution in [3.05, 3.63) is 77.7 Å². The van der Waals surface area contributed by atoms with E-state index in [4.69, 9.17) is 4.74 Å². The molecule has 0 saturated heterocycles. The fourth-order valence-electron chi connectivity index (χ4n) is 3.20. The molecule has 4 heteroatoms. The molecule has 0 aliphatic carbocycles. The average molecular weight is 364 g/mol. The van der Waals surface area contributed by atoms with Crippen molar-refractivity contribution in [1.82, 2.24) is 0 Å². The second-order valence-electron chi connectivity index (χ2n) is 6.44. The van der Waals surface area contributed by atoms with E-state index in [0.29, 0.717) is 13.2 Å². The quantitative estimate of drug-likeness (QED) is 0.527. The number of quaternary nitrogens is 1. The highest BCUT2D eigenvalue weighted by molar-refractivity contribution is 7.18. The third-order valence-electron chi connectivity index (χ3n) is 4.51. The van der Waals surface area contributed by atoms with E-state index in [1.54, 1.807) is 11.3 Å². The third kappa shape index (κ3) is 3.73. The van der Waals surface area contributed by atoms with Crippen molar-refractivity contribution in [2.45, 2.75) is 12.6 Å². The van der Waals surface area contributed by atoms with Crippen LogP contribution >= 0.6 is 11.3 Å². The van der Waals surface area contributed by atoms with Gasteiger partial charge in [-0.3, -0.25) is 0 Å². The molecule has 0 bridgehead atoms. The number of hydrogen-bond donors (Lipinski definition) is 2. The summed E-state index contributed by atoms with van der Waals surface area (Å²) in [5, 5.41) is 18.0.